The van der Waals surface area contributed by atoms with E-state index in [9.17, 15) is 13.2 Å². The molecule has 0 saturated carbocycles. The molecule has 1 rings (SSSR count). The minimum absolute atomic E-state index is 0. The first-order chi connectivity index (χ1) is 7.34. The summed E-state index contributed by atoms with van der Waals surface area (Å²) in [6, 6.07) is 0. The van der Waals surface area contributed by atoms with Crippen molar-refractivity contribution in [3.05, 3.63) is 37.5 Å². The van der Waals surface area contributed by atoms with Crippen LogP contribution in [0.2, 0.25) is 0 Å². The van der Waals surface area contributed by atoms with E-state index in [0.29, 0.717) is 6.42 Å². The fourth-order valence-electron chi connectivity index (χ4n) is 1.09. The summed E-state index contributed by atoms with van der Waals surface area (Å²) in [6.45, 7) is 6.81. The van der Waals surface area contributed by atoms with Crippen LogP contribution in [0.3, 0.4) is 0 Å². The molecule has 0 saturated heterocycles. The number of hydrogen-bond acceptors (Lipinski definition) is 1. The summed E-state index contributed by atoms with van der Waals surface area (Å²) < 4.78 is 35.7. The van der Waals surface area contributed by atoms with Gasteiger partial charge >= 0.3 is 6.18 Å². The predicted molar refractivity (Wildman–Crippen MR) is 78.2 cm³/mol. The minimum Gasteiger partial charge on any atom is -0.577 e. The van der Waals surface area contributed by atoms with Gasteiger partial charge in [0.15, 0.2) is 0 Å². The summed E-state index contributed by atoms with van der Waals surface area (Å²) in [5.74, 6) is -1.18. The molecule has 0 spiro atoms. The summed E-state index contributed by atoms with van der Waals surface area (Å²) >= 11 is 0. The smallest absolute Gasteiger partial charge is 0.395 e. The first-order valence-corrected chi connectivity index (χ1v) is 8.02. The van der Waals surface area contributed by atoms with E-state index in [2.05, 4.69) is 20.0 Å². The van der Waals surface area contributed by atoms with Crippen molar-refractivity contribution >= 4 is 7.92 Å². The van der Waals surface area contributed by atoms with Gasteiger partial charge in [0, 0.05) is 41.1 Å². The van der Waals surface area contributed by atoms with Crippen LogP contribution < -0.4 is 0 Å². The predicted octanol–water partition coefficient (Wildman–Crippen LogP) is 5.22. The van der Waals surface area contributed by atoms with E-state index in [-0.39, 0.29) is 50.3 Å². The Labute approximate surface area is 131 Å². The van der Waals surface area contributed by atoms with Gasteiger partial charge in [0.05, 0.1) is 5.92 Å². The van der Waals surface area contributed by atoms with E-state index in [0.717, 1.165) is 6.42 Å². The SMILES string of the molecule is C[PH+](C)C.FC(F)(F)[C@H]1C=CCCC1.[CH3-].[CH3-].[N-]=O.[W]. The van der Waals surface area contributed by atoms with Gasteiger partial charge in [-0.2, -0.15) is 13.2 Å². The zero-order chi connectivity index (χ0) is 13.2. The topological polar surface area (TPSA) is 39.4 Å². The van der Waals surface area contributed by atoms with Crippen LogP contribution in [-0.2, 0) is 21.1 Å². The van der Waals surface area contributed by atoms with Crippen molar-refractivity contribution < 1.29 is 34.2 Å². The van der Waals surface area contributed by atoms with Gasteiger partial charge in [-0.25, -0.2) is 0 Å². The number of allylic oxidation sites excluding steroid dienone is 2. The van der Waals surface area contributed by atoms with Crippen molar-refractivity contribution in [2.45, 2.75) is 25.4 Å². The Bertz CT molecular complexity index is 199. The number of rotatable bonds is 0. The molecule has 0 aromatic heterocycles. The van der Waals surface area contributed by atoms with Crippen LogP contribution >= 0.6 is 7.92 Å². The van der Waals surface area contributed by atoms with E-state index >= 15 is 0 Å². The normalized spacial score (nSPS) is 16.3. The van der Waals surface area contributed by atoms with Crippen LogP contribution in [0.15, 0.2) is 12.2 Å². The van der Waals surface area contributed by atoms with E-state index in [1.807, 2.05) is 0 Å². The molecule has 7 heteroatoms. The molecular formula is C12H25F3NOPW-2. The number of nitrogens with zero attached hydrogens (tertiary/aromatic N) is 1. The quantitative estimate of drug-likeness (QED) is 0.272. The third-order valence-electron chi connectivity index (χ3n) is 1.67. The van der Waals surface area contributed by atoms with E-state index < -0.39 is 12.1 Å². The molecule has 0 aromatic carbocycles. The van der Waals surface area contributed by atoms with Gasteiger partial charge in [-0.1, -0.05) is 12.2 Å². The van der Waals surface area contributed by atoms with Crippen LogP contribution in [-0.4, -0.2) is 26.2 Å². The summed E-state index contributed by atoms with van der Waals surface area (Å²) in [4.78, 5) is 7.25. The third-order valence-corrected chi connectivity index (χ3v) is 1.67. The third kappa shape index (κ3) is 23.7. The van der Waals surface area contributed by atoms with Crippen molar-refractivity contribution in [3.63, 3.8) is 0 Å². The average molecular weight is 471 g/mol. The molecule has 0 N–H and O–H groups in total. The van der Waals surface area contributed by atoms with Gasteiger partial charge in [0.1, 0.15) is 0 Å². The van der Waals surface area contributed by atoms with Crippen LogP contribution in [0.25, 0.3) is 5.59 Å². The molecule has 0 aliphatic heterocycles. The number of nitroso groups, excluding NO2 is 1. The van der Waals surface area contributed by atoms with Gasteiger partial charge in [0.2, 0.25) is 0 Å². The van der Waals surface area contributed by atoms with E-state index in [4.69, 9.17) is 10.5 Å². The van der Waals surface area contributed by atoms with Crippen LogP contribution in [0.1, 0.15) is 19.3 Å². The molecule has 0 heterocycles. The van der Waals surface area contributed by atoms with Gasteiger partial charge in [-0.3, -0.25) is 0 Å². The Hall–Kier alpha value is 0.248. The first-order valence-electron chi connectivity index (χ1n) is 5.02. The van der Waals surface area contributed by atoms with Gasteiger partial charge < -0.3 is 25.4 Å². The Morgan fingerprint density at radius 3 is 1.68 bits per heavy atom. The molecule has 1 atom stereocenters. The maximum Gasteiger partial charge on any atom is 0.395 e. The molecule has 0 aromatic rings. The second kappa shape index (κ2) is 18.2. The molecule has 0 amide bonds. The molecule has 1 aliphatic carbocycles. The van der Waals surface area contributed by atoms with E-state index in [1.54, 1.807) is 6.08 Å². The fraction of sp³-hybridized carbons (Fsp3) is 0.667. The van der Waals surface area contributed by atoms with Gasteiger partial charge in [-0.15, -0.1) is 0 Å². The van der Waals surface area contributed by atoms with Crippen molar-refractivity contribution in [1.82, 2.24) is 0 Å². The van der Waals surface area contributed by atoms with Crippen molar-refractivity contribution in [1.29, 1.82) is 0 Å². The van der Waals surface area contributed by atoms with Gasteiger partial charge in [0.25, 0.3) is 0 Å². The molecule has 19 heavy (non-hydrogen) atoms. The number of halogens is 3. The van der Waals surface area contributed by atoms with Crippen molar-refractivity contribution in [2.75, 3.05) is 20.0 Å². The Morgan fingerprint density at radius 1 is 1.16 bits per heavy atom. The largest absolute Gasteiger partial charge is 0.577 e. The average Bonchev–Trinajstić information content (AvgIpc) is 2.20. The zero-order valence-corrected chi connectivity index (χ0v) is 16.2. The second-order valence-electron chi connectivity index (χ2n) is 4.01. The molecule has 2 nitrogen and oxygen atoms in total. The number of alkyl halides is 3. The molecule has 118 valence electrons. The Balaban J connectivity index is -0.0000000639. The molecule has 1 aliphatic rings. The Kier molecular flexibility index (Phi) is 30.3. The van der Waals surface area contributed by atoms with Crippen LogP contribution in [0.4, 0.5) is 13.2 Å². The van der Waals surface area contributed by atoms with E-state index in [1.165, 1.54) is 6.08 Å². The minimum atomic E-state index is -4.02. The second-order valence-corrected chi connectivity index (χ2v) is 7.01. The Morgan fingerprint density at radius 2 is 1.53 bits per heavy atom. The van der Waals surface area contributed by atoms with Crippen LogP contribution in [0.5, 0.6) is 0 Å². The number of hydrogen-bond donors (Lipinski definition) is 0. The summed E-state index contributed by atoms with van der Waals surface area (Å²) in [5.41, 5.74) is 5.75. The van der Waals surface area contributed by atoms with Crippen LogP contribution in [0, 0.1) is 25.7 Å². The fourth-order valence-corrected chi connectivity index (χ4v) is 1.09. The van der Waals surface area contributed by atoms with Crippen molar-refractivity contribution in [3.8, 4) is 0 Å². The molecule has 0 bridgehead atoms. The summed E-state index contributed by atoms with van der Waals surface area (Å²) in [5, 5.41) is 0. The first kappa shape index (κ1) is 31.6. The maximum absolute atomic E-state index is 11.9. The summed E-state index contributed by atoms with van der Waals surface area (Å²) in [7, 11) is 0.120. The maximum atomic E-state index is 11.9. The monoisotopic (exact) mass is 471 g/mol. The standard InChI is InChI=1S/C7H9F3.C3H9P.2CH3.NO.W/c8-7(9,10)6-4-2-1-3-5-6;1-4(2)3;;;1-2;/h2,4,6H,1,3,5H2;1-3H3;2*1H3;;/q;;3*-1;/p+1/t6-;;;;;/m0...../s1. The zero-order valence-electron chi connectivity index (χ0n) is 12.3. The van der Waals surface area contributed by atoms with Gasteiger partial charge in [-0.05, 0) is 27.2 Å². The van der Waals surface area contributed by atoms with Crippen molar-refractivity contribution in [2.24, 2.45) is 5.92 Å². The molecular weight excluding hydrogens is 446 g/mol. The molecule has 0 unspecified atom stereocenters. The summed E-state index contributed by atoms with van der Waals surface area (Å²) in [6.07, 6.45) is 0.593. The molecule has 0 radical (unpaired) electrons. The molecule has 0 fully saturated rings.